The molecule has 2 aromatic rings. The van der Waals surface area contributed by atoms with E-state index >= 15 is 0 Å². The summed E-state index contributed by atoms with van der Waals surface area (Å²) in [6.07, 6.45) is -1.09. The maximum atomic E-state index is 12.5. The number of hydrogen-bond acceptors (Lipinski definition) is 2. The van der Waals surface area contributed by atoms with Gasteiger partial charge in [0, 0.05) is 0 Å². The zero-order chi connectivity index (χ0) is 17.9. The third-order valence-electron chi connectivity index (χ3n) is 4.73. The van der Waals surface area contributed by atoms with E-state index in [0.717, 1.165) is 37.8 Å². The molecule has 0 heterocycles. The van der Waals surface area contributed by atoms with E-state index in [1.54, 1.807) is 0 Å². The van der Waals surface area contributed by atoms with Crippen molar-refractivity contribution in [2.75, 3.05) is 0 Å². The lowest BCUT2D eigenvalue weighted by Crippen LogP contribution is -2.25. The van der Waals surface area contributed by atoms with Crippen molar-refractivity contribution in [3.63, 3.8) is 0 Å². The molecule has 0 aliphatic heterocycles. The molecule has 0 unspecified atom stereocenters. The molecule has 3 rings (SSSR count). The van der Waals surface area contributed by atoms with Gasteiger partial charge in [-0.3, -0.25) is 4.79 Å². The third-order valence-corrected chi connectivity index (χ3v) is 4.73. The van der Waals surface area contributed by atoms with Gasteiger partial charge in [-0.25, -0.2) is 0 Å². The molecule has 0 N–H and O–H groups in total. The van der Waals surface area contributed by atoms with Gasteiger partial charge in [-0.2, -0.15) is 13.2 Å². The quantitative estimate of drug-likeness (QED) is 0.534. The Bertz CT molecular complexity index is 700. The summed E-state index contributed by atoms with van der Waals surface area (Å²) in [5.41, 5.74) is 0.535. The van der Waals surface area contributed by atoms with Gasteiger partial charge in [0.2, 0.25) is 0 Å². The van der Waals surface area contributed by atoms with Crippen LogP contribution in [0.3, 0.4) is 0 Å². The van der Waals surface area contributed by atoms with E-state index < -0.39 is 11.7 Å². The lowest BCUT2D eigenvalue weighted by atomic mass is 9.79. The molecule has 1 fully saturated rings. The van der Waals surface area contributed by atoms with Crippen LogP contribution in [0.1, 0.15) is 42.7 Å². The van der Waals surface area contributed by atoms with Crippen molar-refractivity contribution < 1.29 is 22.7 Å². The molecule has 1 aliphatic carbocycles. The minimum absolute atomic E-state index is 0.156. The standard InChI is InChI=1S/C20H19F3O2/c21-20(22,23)17-10-12-18(13-11-17)25-19(24)16-8-6-15(7-9-16)14-4-2-1-3-5-14/h1-5,10-13,15-16H,6-9H2. The molecule has 1 aliphatic rings. The fourth-order valence-corrected chi connectivity index (χ4v) is 3.30. The van der Waals surface area contributed by atoms with Crippen LogP contribution in [0.5, 0.6) is 5.75 Å². The fraction of sp³-hybridized carbons (Fsp3) is 0.350. The molecule has 0 bridgehead atoms. The number of esters is 1. The second kappa shape index (κ2) is 7.30. The number of carbonyl (C=O) groups excluding carboxylic acids is 1. The van der Waals surface area contributed by atoms with Crippen molar-refractivity contribution in [1.29, 1.82) is 0 Å². The van der Waals surface area contributed by atoms with Gasteiger partial charge in [0.1, 0.15) is 5.75 Å². The molecular formula is C20H19F3O2. The molecule has 2 nitrogen and oxygen atoms in total. The largest absolute Gasteiger partial charge is 0.426 e. The average molecular weight is 348 g/mol. The summed E-state index contributed by atoms with van der Waals surface area (Å²) >= 11 is 0. The summed E-state index contributed by atoms with van der Waals surface area (Å²) in [6, 6.07) is 14.4. The molecule has 0 atom stereocenters. The van der Waals surface area contributed by atoms with Gasteiger partial charge in [0.15, 0.2) is 0 Å². The summed E-state index contributed by atoms with van der Waals surface area (Å²) in [4.78, 5) is 12.2. The minimum Gasteiger partial charge on any atom is -0.426 e. The maximum Gasteiger partial charge on any atom is 0.416 e. The smallest absolute Gasteiger partial charge is 0.416 e. The molecule has 0 saturated heterocycles. The van der Waals surface area contributed by atoms with Crippen LogP contribution in [0.15, 0.2) is 54.6 Å². The van der Waals surface area contributed by atoms with Crippen LogP contribution in [0.25, 0.3) is 0 Å². The molecule has 132 valence electrons. The second-order valence-corrected chi connectivity index (χ2v) is 6.40. The first-order valence-corrected chi connectivity index (χ1v) is 8.37. The van der Waals surface area contributed by atoms with E-state index in [4.69, 9.17) is 4.74 Å². The zero-order valence-corrected chi connectivity index (χ0v) is 13.6. The Morgan fingerprint density at radius 1 is 0.880 bits per heavy atom. The van der Waals surface area contributed by atoms with Gasteiger partial charge < -0.3 is 4.74 Å². The van der Waals surface area contributed by atoms with Crippen molar-refractivity contribution in [2.24, 2.45) is 5.92 Å². The van der Waals surface area contributed by atoms with Gasteiger partial charge in [0.25, 0.3) is 0 Å². The molecule has 0 amide bonds. The Kier molecular flexibility index (Phi) is 5.11. The summed E-state index contributed by atoms with van der Waals surface area (Å²) in [7, 11) is 0. The Balaban J connectivity index is 1.54. The molecule has 5 heteroatoms. The number of benzene rings is 2. The number of hydrogen-bond donors (Lipinski definition) is 0. The van der Waals surface area contributed by atoms with Gasteiger partial charge in [-0.05, 0) is 61.4 Å². The molecule has 25 heavy (non-hydrogen) atoms. The second-order valence-electron chi connectivity index (χ2n) is 6.40. The van der Waals surface area contributed by atoms with Gasteiger partial charge in [0.05, 0.1) is 11.5 Å². The van der Waals surface area contributed by atoms with Crippen LogP contribution >= 0.6 is 0 Å². The first-order chi connectivity index (χ1) is 11.9. The Hall–Kier alpha value is -2.30. The van der Waals surface area contributed by atoms with E-state index in [2.05, 4.69) is 12.1 Å². The van der Waals surface area contributed by atoms with E-state index in [9.17, 15) is 18.0 Å². The minimum atomic E-state index is -4.39. The van der Waals surface area contributed by atoms with Gasteiger partial charge in [-0.15, -0.1) is 0 Å². The first kappa shape index (κ1) is 17.5. The van der Waals surface area contributed by atoms with Crippen LogP contribution in [0.2, 0.25) is 0 Å². The number of alkyl halides is 3. The van der Waals surface area contributed by atoms with Gasteiger partial charge >= 0.3 is 12.1 Å². The summed E-state index contributed by atoms with van der Waals surface area (Å²) in [5, 5.41) is 0. The topological polar surface area (TPSA) is 26.3 Å². The maximum absolute atomic E-state index is 12.5. The van der Waals surface area contributed by atoms with E-state index in [-0.39, 0.29) is 17.6 Å². The number of ether oxygens (including phenoxy) is 1. The number of halogens is 3. The predicted molar refractivity (Wildman–Crippen MR) is 88.2 cm³/mol. The third kappa shape index (κ3) is 4.41. The van der Waals surface area contributed by atoms with Crippen LogP contribution in [0, 0.1) is 5.92 Å². The highest BCUT2D eigenvalue weighted by molar-refractivity contribution is 5.75. The fourth-order valence-electron chi connectivity index (χ4n) is 3.30. The van der Waals surface area contributed by atoms with Crippen LogP contribution in [0.4, 0.5) is 13.2 Å². The van der Waals surface area contributed by atoms with Gasteiger partial charge in [-0.1, -0.05) is 30.3 Å². The molecule has 1 saturated carbocycles. The van der Waals surface area contributed by atoms with E-state index in [1.807, 2.05) is 18.2 Å². The highest BCUT2D eigenvalue weighted by atomic mass is 19.4. The van der Waals surface area contributed by atoms with Crippen molar-refractivity contribution in [2.45, 2.75) is 37.8 Å². The molecule has 0 aromatic heterocycles. The highest BCUT2D eigenvalue weighted by Gasteiger charge is 2.31. The van der Waals surface area contributed by atoms with Crippen LogP contribution in [-0.2, 0) is 11.0 Å². The number of rotatable bonds is 3. The molecule has 0 radical (unpaired) electrons. The lowest BCUT2D eigenvalue weighted by molar-refractivity contribution is -0.140. The highest BCUT2D eigenvalue weighted by Crippen LogP contribution is 2.36. The zero-order valence-electron chi connectivity index (χ0n) is 13.6. The van der Waals surface area contributed by atoms with Crippen molar-refractivity contribution >= 4 is 5.97 Å². The lowest BCUT2D eigenvalue weighted by Gasteiger charge is -2.27. The van der Waals surface area contributed by atoms with Crippen LogP contribution < -0.4 is 4.74 Å². The number of carbonyl (C=O) groups is 1. The molecular weight excluding hydrogens is 329 g/mol. The summed E-state index contributed by atoms with van der Waals surface area (Å²) in [6.45, 7) is 0. The Morgan fingerprint density at radius 2 is 1.48 bits per heavy atom. The van der Waals surface area contributed by atoms with Crippen molar-refractivity contribution in [3.8, 4) is 5.75 Å². The summed E-state index contributed by atoms with van der Waals surface area (Å²) in [5.74, 6) is 0.0630. The molecule has 2 aromatic carbocycles. The van der Waals surface area contributed by atoms with E-state index in [1.165, 1.54) is 17.7 Å². The van der Waals surface area contributed by atoms with E-state index in [0.29, 0.717) is 5.92 Å². The predicted octanol–water partition coefficient (Wildman–Crippen LogP) is 5.58. The molecule has 0 spiro atoms. The summed E-state index contributed by atoms with van der Waals surface area (Å²) < 4.78 is 42.9. The van der Waals surface area contributed by atoms with Crippen LogP contribution in [-0.4, -0.2) is 5.97 Å². The first-order valence-electron chi connectivity index (χ1n) is 8.37. The normalized spacial score (nSPS) is 20.9. The Labute approximate surface area is 144 Å². The average Bonchev–Trinajstić information content (AvgIpc) is 2.62. The monoisotopic (exact) mass is 348 g/mol. The van der Waals surface area contributed by atoms with Crippen molar-refractivity contribution in [3.05, 3.63) is 65.7 Å². The SMILES string of the molecule is O=C(Oc1ccc(C(F)(F)F)cc1)C1CCC(c2ccccc2)CC1. The van der Waals surface area contributed by atoms with Crippen molar-refractivity contribution in [1.82, 2.24) is 0 Å². The Morgan fingerprint density at radius 3 is 2.04 bits per heavy atom.